The number of ether oxygens (including phenoxy) is 2. The summed E-state index contributed by atoms with van der Waals surface area (Å²) in [4.78, 5) is 14.5. The molecule has 29 heavy (non-hydrogen) atoms. The maximum Gasteiger partial charge on any atom is 0.262 e. The quantitative estimate of drug-likeness (QED) is 0.260. The summed E-state index contributed by atoms with van der Waals surface area (Å²) in [6.45, 7) is 3.87. The van der Waals surface area contributed by atoms with Crippen molar-refractivity contribution in [3.63, 3.8) is 0 Å². The molecule has 1 aliphatic rings. The Morgan fingerprint density at radius 1 is 1.10 bits per heavy atom. The van der Waals surface area contributed by atoms with Gasteiger partial charge in [0, 0.05) is 25.3 Å². The first-order valence-electron chi connectivity index (χ1n) is 9.66. The number of fused-ring (bicyclic) bond motifs is 1. The average molecular weight is 395 g/mol. The van der Waals surface area contributed by atoms with Crippen LogP contribution < -0.4 is 10.2 Å². The van der Waals surface area contributed by atoms with Gasteiger partial charge in [-0.3, -0.25) is 4.79 Å². The van der Waals surface area contributed by atoms with Gasteiger partial charge in [0.05, 0.1) is 33.0 Å². The molecule has 152 valence electrons. The van der Waals surface area contributed by atoms with Crippen LogP contribution in [0.1, 0.15) is 5.56 Å². The molecule has 7 heteroatoms. The maximum atomic E-state index is 12.2. The number of amides is 1. The Morgan fingerprint density at radius 2 is 1.83 bits per heavy atom. The smallest absolute Gasteiger partial charge is 0.262 e. The van der Waals surface area contributed by atoms with Crippen LogP contribution in [0.15, 0.2) is 42.0 Å². The Balaban J connectivity index is 1.52. The Morgan fingerprint density at radius 3 is 2.55 bits per heavy atom. The van der Waals surface area contributed by atoms with Crippen LogP contribution in [0.3, 0.4) is 0 Å². The number of hydrogen-bond donors (Lipinski definition) is 2. The van der Waals surface area contributed by atoms with E-state index in [2.05, 4.69) is 28.4 Å². The van der Waals surface area contributed by atoms with Crippen LogP contribution in [0.4, 0.5) is 5.69 Å². The fourth-order valence-electron chi connectivity index (χ4n) is 2.88. The molecule has 7 nitrogen and oxygen atoms in total. The predicted octanol–water partition coefficient (Wildman–Crippen LogP) is 1.71. The van der Waals surface area contributed by atoms with Gasteiger partial charge in [0.15, 0.2) is 0 Å². The van der Waals surface area contributed by atoms with Gasteiger partial charge in [-0.05, 0) is 40.6 Å². The van der Waals surface area contributed by atoms with Crippen molar-refractivity contribution in [2.45, 2.75) is 0 Å². The van der Waals surface area contributed by atoms with Crippen LogP contribution in [0.25, 0.3) is 16.8 Å². The fourth-order valence-corrected chi connectivity index (χ4v) is 2.88. The van der Waals surface area contributed by atoms with Crippen molar-refractivity contribution in [3.05, 3.63) is 47.5 Å². The van der Waals surface area contributed by atoms with Gasteiger partial charge in [-0.15, -0.1) is 0 Å². The van der Waals surface area contributed by atoms with E-state index in [1.807, 2.05) is 24.3 Å². The largest absolute Gasteiger partial charge is 0.394 e. The highest BCUT2D eigenvalue weighted by Crippen LogP contribution is 2.27. The summed E-state index contributed by atoms with van der Waals surface area (Å²) in [5.74, 6) is -0.426. The first-order chi connectivity index (χ1) is 14.2. The lowest BCUT2D eigenvalue weighted by Gasteiger charge is -2.07. The molecule has 2 aromatic carbocycles. The van der Waals surface area contributed by atoms with Crippen LogP contribution in [-0.4, -0.2) is 63.7 Å². The van der Waals surface area contributed by atoms with Gasteiger partial charge in [0.25, 0.3) is 5.91 Å². The third-order valence-electron chi connectivity index (χ3n) is 4.48. The van der Waals surface area contributed by atoms with E-state index >= 15 is 0 Å². The molecule has 0 spiro atoms. The highest BCUT2D eigenvalue weighted by atomic mass is 16.5. The minimum Gasteiger partial charge on any atom is -0.394 e. The summed E-state index contributed by atoms with van der Waals surface area (Å²) in [6, 6.07) is 14.2. The Hall–Kier alpha value is -2.92. The SMILES string of the molecule is N#C/C(=C\c1ccc2cc(N3CC3)ccc2c1)C(=O)NCCOCCOCCO. The van der Waals surface area contributed by atoms with Crippen molar-refractivity contribution in [2.24, 2.45) is 0 Å². The van der Waals surface area contributed by atoms with Crippen LogP contribution in [0, 0.1) is 11.3 Å². The molecule has 0 radical (unpaired) electrons. The fraction of sp³-hybridized carbons (Fsp3) is 0.364. The van der Waals surface area contributed by atoms with Crippen molar-refractivity contribution < 1.29 is 19.4 Å². The van der Waals surface area contributed by atoms with Gasteiger partial charge in [-0.1, -0.05) is 18.2 Å². The third-order valence-corrected chi connectivity index (χ3v) is 4.48. The average Bonchev–Trinajstić information content (AvgIpc) is 3.58. The Labute approximate surface area is 170 Å². The molecule has 3 rings (SSSR count). The molecular weight excluding hydrogens is 370 g/mol. The van der Waals surface area contributed by atoms with Crippen LogP contribution in [0.5, 0.6) is 0 Å². The first kappa shape index (κ1) is 20.8. The molecule has 0 aromatic heterocycles. The lowest BCUT2D eigenvalue weighted by molar-refractivity contribution is -0.117. The number of aliphatic hydroxyl groups excluding tert-OH is 1. The normalized spacial score (nSPS) is 13.4. The molecule has 1 fully saturated rings. The topological polar surface area (TPSA) is 94.6 Å². The molecule has 1 heterocycles. The molecule has 0 saturated carbocycles. The molecule has 1 aliphatic heterocycles. The monoisotopic (exact) mass is 395 g/mol. The van der Waals surface area contributed by atoms with Crippen molar-refractivity contribution in [2.75, 3.05) is 57.6 Å². The molecule has 0 aliphatic carbocycles. The van der Waals surface area contributed by atoms with Gasteiger partial charge in [-0.2, -0.15) is 5.26 Å². The van der Waals surface area contributed by atoms with Crippen molar-refractivity contribution >= 4 is 28.4 Å². The van der Waals surface area contributed by atoms with Gasteiger partial charge < -0.3 is 24.8 Å². The van der Waals surface area contributed by atoms with Crippen molar-refractivity contribution in [3.8, 4) is 6.07 Å². The second-order valence-electron chi connectivity index (χ2n) is 6.65. The number of benzene rings is 2. The number of anilines is 1. The summed E-state index contributed by atoms with van der Waals surface area (Å²) in [5.41, 5.74) is 2.08. The molecular formula is C22H25N3O4. The van der Waals surface area contributed by atoms with E-state index < -0.39 is 5.91 Å². The van der Waals surface area contributed by atoms with Gasteiger partial charge in [0.2, 0.25) is 0 Å². The Bertz CT molecular complexity index is 916. The van der Waals surface area contributed by atoms with E-state index in [9.17, 15) is 10.1 Å². The van der Waals surface area contributed by atoms with Crippen LogP contribution in [-0.2, 0) is 14.3 Å². The van der Waals surface area contributed by atoms with E-state index in [0.29, 0.717) is 26.4 Å². The minimum absolute atomic E-state index is 0.0177. The van der Waals surface area contributed by atoms with E-state index in [4.69, 9.17) is 14.6 Å². The molecule has 0 bridgehead atoms. The molecule has 2 aromatic rings. The Kier molecular flexibility index (Phi) is 7.59. The van der Waals surface area contributed by atoms with E-state index in [1.54, 1.807) is 6.08 Å². The number of aliphatic hydroxyl groups is 1. The zero-order chi connectivity index (χ0) is 20.5. The summed E-state index contributed by atoms with van der Waals surface area (Å²) in [6.07, 6.45) is 1.59. The highest BCUT2D eigenvalue weighted by Gasteiger charge is 2.17. The number of nitrogens with one attached hydrogen (secondary N) is 1. The van der Waals surface area contributed by atoms with Gasteiger partial charge >= 0.3 is 0 Å². The van der Waals surface area contributed by atoms with Crippen molar-refractivity contribution in [1.82, 2.24) is 5.32 Å². The number of rotatable bonds is 11. The molecule has 2 N–H and O–H groups in total. The van der Waals surface area contributed by atoms with E-state index in [1.165, 1.54) is 5.69 Å². The van der Waals surface area contributed by atoms with Crippen molar-refractivity contribution in [1.29, 1.82) is 5.26 Å². The second kappa shape index (κ2) is 10.6. The van der Waals surface area contributed by atoms with Crippen LogP contribution >= 0.6 is 0 Å². The van der Waals surface area contributed by atoms with Gasteiger partial charge in [-0.25, -0.2) is 0 Å². The minimum atomic E-state index is -0.426. The molecule has 0 atom stereocenters. The van der Waals surface area contributed by atoms with Gasteiger partial charge in [0.1, 0.15) is 11.6 Å². The zero-order valence-corrected chi connectivity index (χ0v) is 16.3. The lowest BCUT2D eigenvalue weighted by Crippen LogP contribution is -2.28. The molecule has 1 amide bonds. The predicted molar refractivity (Wildman–Crippen MR) is 111 cm³/mol. The number of nitriles is 1. The summed E-state index contributed by atoms with van der Waals surface area (Å²) in [5, 5.41) is 22.8. The van der Waals surface area contributed by atoms with E-state index in [0.717, 1.165) is 29.4 Å². The molecule has 0 unspecified atom stereocenters. The number of nitrogens with zero attached hydrogens (tertiary/aromatic N) is 2. The van der Waals surface area contributed by atoms with Crippen LogP contribution in [0.2, 0.25) is 0 Å². The summed E-state index contributed by atoms with van der Waals surface area (Å²) >= 11 is 0. The number of carbonyl (C=O) groups excluding carboxylic acids is 1. The second-order valence-corrected chi connectivity index (χ2v) is 6.65. The number of hydrogen-bond acceptors (Lipinski definition) is 6. The zero-order valence-electron chi connectivity index (χ0n) is 16.3. The maximum absolute atomic E-state index is 12.2. The number of carbonyl (C=O) groups is 1. The summed E-state index contributed by atoms with van der Waals surface area (Å²) < 4.78 is 10.4. The third kappa shape index (κ3) is 6.29. The standard InChI is InChI=1S/C22H25N3O4/c23-16-20(22(27)24-5-9-28-11-12-29-10-8-26)14-17-1-2-19-15-21(25-6-7-25)4-3-18(19)13-17/h1-4,13-15,26H,5-12H2,(H,24,27)/b20-14+. The summed E-state index contributed by atoms with van der Waals surface area (Å²) in [7, 11) is 0. The highest BCUT2D eigenvalue weighted by molar-refractivity contribution is 6.02. The van der Waals surface area contributed by atoms with E-state index in [-0.39, 0.29) is 18.8 Å². The first-order valence-corrected chi connectivity index (χ1v) is 9.66. The lowest BCUT2D eigenvalue weighted by atomic mass is 10.0. The molecule has 1 saturated heterocycles.